The lowest BCUT2D eigenvalue weighted by Crippen LogP contribution is -2.26. The van der Waals surface area contributed by atoms with Crippen LogP contribution >= 0.6 is 11.6 Å². The minimum Gasteiger partial charge on any atom is -0.484 e. The van der Waals surface area contributed by atoms with Crippen LogP contribution in [0.2, 0.25) is 5.02 Å². The molecule has 1 fully saturated rings. The van der Waals surface area contributed by atoms with E-state index < -0.39 is 5.82 Å². The van der Waals surface area contributed by atoms with Gasteiger partial charge in [0.1, 0.15) is 17.7 Å². The molecule has 0 aliphatic heterocycles. The van der Waals surface area contributed by atoms with Crippen LogP contribution in [-0.4, -0.2) is 12.6 Å². The molecule has 2 aromatic rings. The molecule has 0 heterocycles. The van der Waals surface area contributed by atoms with Crippen LogP contribution in [0.15, 0.2) is 48.5 Å². The zero-order chi connectivity index (χ0) is 14.7. The van der Waals surface area contributed by atoms with E-state index in [1.165, 1.54) is 25.0 Å². The monoisotopic (exact) mass is 305 g/mol. The Labute approximate surface area is 128 Å². The molecule has 1 saturated carbocycles. The first kappa shape index (κ1) is 14.4. The summed E-state index contributed by atoms with van der Waals surface area (Å²) in [6, 6.07) is 15.1. The van der Waals surface area contributed by atoms with Crippen LogP contribution in [0.1, 0.15) is 24.5 Å². The number of rotatable bonds is 6. The highest BCUT2D eigenvalue weighted by Gasteiger charge is 2.23. The van der Waals surface area contributed by atoms with Crippen molar-refractivity contribution in [2.24, 2.45) is 0 Å². The summed E-state index contributed by atoms with van der Waals surface area (Å²) in [4.78, 5) is 0. The van der Waals surface area contributed by atoms with Crippen LogP contribution in [0, 0.1) is 5.82 Å². The molecule has 3 rings (SSSR count). The summed E-state index contributed by atoms with van der Waals surface area (Å²) in [6.07, 6.45) is 2.29. The quantitative estimate of drug-likeness (QED) is 0.856. The highest BCUT2D eigenvalue weighted by atomic mass is 35.5. The van der Waals surface area contributed by atoms with Crippen LogP contribution in [0.5, 0.6) is 5.75 Å². The van der Waals surface area contributed by atoms with E-state index in [0.29, 0.717) is 18.3 Å². The topological polar surface area (TPSA) is 21.3 Å². The van der Waals surface area contributed by atoms with E-state index in [2.05, 4.69) is 5.32 Å². The third-order valence-electron chi connectivity index (χ3n) is 3.51. The molecule has 2 nitrogen and oxygen atoms in total. The normalized spacial score (nSPS) is 15.7. The Morgan fingerprint density at radius 2 is 1.95 bits per heavy atom. The smallest absolute Gasteiger partial charge is 0.145 e. The molecule has 0 spiro atoms. The fraction of sp³-hybridized carbons (Fsp3) is 0.294. The van der Waals surface area contributed by atoms with E-state index in [9.17, 15) is 4.39 Å². The lowest BCUT2D eigenvalue weighted by molar-refractivity contribution is 0.200. The lowest BCUT2D eigenvalue weighted by Gasteiger charge is -2.20. The lowest BCUT2D eigenvalue weighted by atomic mass is 10.1. The predicted octanol–water partition coefficient (Wildman–Crippen LogP) is 4.35. The van der Waals surface area contributed by atoms with Gasteiger partial charge in [0.15, 0.2) is 0 Å². The van der Waals surface area contributed by atoms with Gasteiger partial charge in [-0.2, -0.15) is 0 Å². The fourth-order valence-corrected chi connectivity index (χ4v) is 2.29. The maximum atomic E-state index is 13.5. The van der Waals surface area contributed by atoms with Crippen molar-refractivity contribution in [3.05, 3.63) is 64.9 Å². The molecule has 1 N–H and O–H groups in total. The Hall–Kier alpha value is -1.58. The first-order chi connectivity index (χ1) is 10.2. The zero-order valence-corrected chi connectivity index (χ0v) is 12.3. The Bertz CT molecular complexity index is 601. The van der Waals surface area contributed by atoms with Crippen molar-refractivity contribution < 1.29 is 9.13 Å². The Balaban J connectivity index is 1.75. The van der Waals surface area contributed by atoms with Crippen molar-refractivity contribution in [1.82, 2.24) is 5.32 Å². The summed E-state index contributed by atoms with van der Waals surface area (Å²) in [5.74, 6) is 0.0273. The van der Waals surface area contributed by atoms with E-state index >= 15 is 0 Å². The van der Waals surface area contributed by atoms with E-state index in [4.69, 9.17) is 16.3 Å². The van der Waals surface area contributed by atoms with Gasteiger partial charge in [-0.15, -0.1) is 0 Å². The Kier molecular flexibility index (Phi) is 4.42. The first-order valence-electron chi connectivity index (χ1n) is 7.12. The molecule has 0 bridgehead atoms. The third-order valence-corrected chi connectivity index (χ3v) is 3.82. The van der Waals surface area contributed by atoms with Gasteiger partial charge < -0.3 is 10.1 Å². The molecule has 21 heavy (non-hydrogen) atoms. The standard InChI is InChI=1S/C17H17ClFNO/c18-15-9-8-14(10-16(15)19)21-17(11-20-13-6-7-13)12-4-2-1-3-5-12/h1-5,8-10,13,17,20H,6-7,11H2. The summed E-state index contributed by atoms with van der Waals surface area (Å²) in [6.45, 7) is 0.707. The number of hydrogen-bond acceptors (Lipinski definition) is 2. The maximum Gasteiger partial charge on any atom is 0.145 e. The van der Waals surface area contributed by atoms with E-state index in [1.807, 2.05) is 30.3 Å². The number of ether oxygens (including phenoxy) is 1. The Morgan fingerprint density at radius 3 is 2.62 bits per heavy atom. The Morgan fingerprint density at radius 1 is 1.19 bits per heavy atom. The predicted molar refractivity (Wildman–Crippen MR) is 82.2 cm³/mol. The molecular formula is C17H17ClFNO. The zero-order valence-electron chi connectivity index (χ0n) is 11.6. The van der Waals surface area contributed by atoms with Gasteiger partial charge in [-0.25, -0.2) is 4.39 Å². The third kappa shape index (κ3) is 3.96. The second-order valence-electron chi connectivity index (χ2n) is 5.28. The molecule has 1 unspecified atom stereocenters. The van der Waals surface area contributed by atoms with Crippen molar-refractivity contribution in [2.75, 3.05) is 6.54 Å². The first-order valence-corrected chi connectivity index (χ1v) is 7.50. The van der Waals surface area contributed by atoms with Gasteiger partial charge in [0.05, 0.1) is 5.02 Å². The molecule has 0 radical (unpaired) electrons. The van der Waals surface area contributed by atoms with E-state index in [1.54, 1.807) is 6.07 Å². The highest BCUT2D eigenvalue weighted by molar-refractivity contribution is 6.30. The van der Waals surface area contributed by atoms with Crippen LogP contribution in [0.4, 0.5) is 4.39 Å². The van der Waals surface area contributed by atoms with Crippen molar-refractivity contribution in [1.29, 1.82) is 0 Å². The average Bonchev–Trinajstić information content (AvgIpc) is 3.32. The number of hydrogen-bond donors (Lipinski definition) is 1. The maximum absolute atomic E-state index is 13.5. The van der Waals surface area contributed by atoms with E-state index in [0.717, 1.165) is 5.56 Å². The molecule has 1 aliphatic carbocycles. The van der Waals surface area contributed by atoms with Gasteiger partial charge in [0, 0.05) is 18.7 Å². The van der Waals surface area contributed by atoms with Crippen molar-refractivity contribution >= 4 is 11.6 Å². The summed E-state index contributed by atoms with van der Waals surface area (Å²) in [7, 11) is 0. The molecule has 1 aliphatic rings. The molecule has 0 aromatic heterocycles. The van der Waals surface area contributed by atoms with Crippen LogP contribution < -0.4 is 10.1 Å². The molecule has 1 atom stereocenters. The second-order valence-corrected chi connectivity index (χ2v) is 5.68. The van der Waals surface area contributed by atoms with Gasteiger partial charge in [0.25, 0.3) is 0 Å². The second kappa shape index (κ2) is 6.46. The van der Waals surface area contributed by atoms with Gasteiger partial charge in [-0.1, -0.05) is 41.9 Å². The molecular weight excluding hydrogens is 289 g/mol. The minimum atomic E-state index is -0.462. The molecule has 2 aromatic carbocycles. The average molecular weight is 306 g/mol. The van der Waals surface area contributed by atoms with Crippen molar-refractivity contribution in [3.8, 4) is 5.75 Å². The SMILES string of the molecule is Fc1cc(OC(CNC2CC2)c2ccccc2)ccc1Cl. The fourth-order valence-electron chi connectivity index (χ4n) is 2.17. The van der Waals surface area contributed by atoms with Gasteiger partial charge in [0.2, 0.25) is 0 Å². The molecule has 110 valence electrons. The van der Waals surface area contributed by atoms with Crippen molar-refractivity contribution in [2.45, 2.75) is 25.0 Å². The van der Waals surface area contributed by atoms with Crippen LogP contribution in [0.25, 0.3) is 0 Å². The number of nitrogens with one attached hydrogen (secondary N) is 1. The van der Waals surface area contributed by atoms with Crippen molar-refractivity contribution in [3.63, 3.8) is 0 Å². The summed E-state index contributed by atoms with van der Waals surface area (Å²) in [5, 5.41) is 3.56. The molecule has 0 saturated heterocycles. The van der Waals surface area contributed by atoms with Gasteiger partial charge >= 0.3 is 0 Å². The summed E-state index contributed by atoms with van der Waals surface area (Å²) >= 11 is 5.70. The largest absolute Gasteiger partial charge is 0.484 e. The van der Waals surface area contributed by atoms with Crippen LogP contribution in [-0.2, 0) is 0 Å². The van der Waals surface area contributed by atoms with Gasteiger partial charge in [-0.3, -0.25) is 0 Å². The van der Waals surface area contributed by atoms with Gasteiger partial charge in [-0.05, 0) is 30.5 Å². The number of halogens is 2. The number of benzene rings is 2. The molecule has 0 amide bonds. The summed E-state index contributed by atoms with van der Waals surface area (Å²) in [5.41, 5.74) is 1.07. The molecule has 4 heteroatoms. The van der Waals surface area contributed by atoms with Crippen LogP contribution in [0.3, 0.4) is 0 Å². The highest BCUT2D eigenvalue weighted by Crippen LogP contribution is 2.26. The van der Waals surface area contributed by atoms with E-state index in [-0.39, 0.29) is 11.1 Å². The summed E-state index contributed by atoms with van der Waals surface area (Å²) < 4.78 is 19.5. The minimum absolute atomic E-state index is 0.106.